The van der Waals surface area contributed by atoms with Gasteiger partial charge >= 0.3 is 0 Å². The van der Waals surface area contributed by atoms with E-state index in [9.17, 15) is 0 Å². The molecule has 7 rings (SSSR count). The van der Waals surface area contributed by atoms with Gasteiger partial charge in [0.1, 0.15) is 11.4 Å². The first-order chi connectivity index (χ1) is 19.3. The lowest BCUT2D eigenvalue weighted by atomic mass is 10.0. The molecule has 0 saturated carbocycles. The molecule has 0 fully saturated rings. The van der Waals surface area contributed by atoms with E-state index in [1.165, 1.54) is 0 Å². The Labute approximate surface area is 226 Å². The van der Waals surface area contributed by atoms with Crippen LogP contribution in [0.15, 0.2) is 133 Å². The molecule has 0 amide bonds. The van der Waals surface area contributed by atoms with Crippen LogP contribution in [-0.4, -0.2) is 14.8 Å². The Morgan fingerprint density at radius 3 is 1.74 bits per heavy atom. The zero-order valence-electron chi connectivity index (χ0n) is 21.1. The van der Waals surface area contributed by atoms with E-state index in [1.54, 1.807) is 0 Å². The maximum atomic E-state index is 6.97. The predicted octanol–water partition coefficient (Wildman–Crippen LogP) is 8.23. The number of nitrogens with one attached hydrogen (secondary N) is 1. The molecule has 2 heterocycles. The second-order valence-corrected chi connectivity index (χ2v) is 9.43. The molecule has 186 valence electrons. The number of anilines is 3. The van der Waals surface area contributed by atoms with Crippen LogP contribution >= 0.6 is 0 Å². The van der Waals surface area contributed by atoms with E-state index in [0.29, 0.717) is 22.9 Å². The van der Waals surface area contributed by atoms with Crippen LogP contribution in [-0.2, 0) is 0 Å². The average Bonchev–Trinajstić information content (AvgIpc) is 3.34. The van der Waals surface area contributed by atoms with Crippen molar-refractivity contribution in [3.05, 3.63) is 133 Å². The Kier molecular flexibility index (Phi) is 5.52. The summed E-state index contributed by atoms with van der Waals surface area (Å²) in [7, 11) is 0. The van der Waals surface area contributed by atoms with E-state index in [4.69, 9.17) is 10.8 Å². The molecule has 5 heteroatoms. The Morgan fingerprint density at radius 1 is 0.538 bits per heavy atom. The molecule has 3 N–H and O–H groups in total. The molecule has 5 nitrogen and oxygen atoms in total. The lowest BCUT2D eigenvalue weighted by Gasteiger charge is -2.19. The summed E-state index contributed by atoms with van der Waals surface area (Å²) in [5.74, 6) is 0.646. The van der Waals surface area contributed by atoms with Crippen molar-refractivity contribution < 1.29 is 0 Å². The minimum atomic E-state index is 0.538. The Balaban J connectivity index is 1.51. The van der Waals surface area contributed by atoms with Crippen molar-refractivity contribution in [2.45, 2.75) is 0 Å². The Bertz CT molecular complexity index is 1890. The molecule has 0 atom stereocenters. The molecular formula is C34H25N5. The molecule has 0 saturated heterocycles. The minimum absolute atomic E-state index is 0.538. The molecule has 5 aromatic carbocycles. The Hall–Kier alpha value is -5.42. The summed E-state index contributed by atoms with van der Waals surface area (Å²) in [6, 6.07) is 45.3. The molecule has 39 heavy (non-hydrogen) atoms. The van der Waals surface area contributed by atoms with E-state index in [-0.39, 0.29) is 0 Å². The summed E-state index contributed by atoms with van der Waals surface area (Å²) >= 11 is 0. The first-order valence-corrected chi connectivity index (χ1v) is 12.9. The minimum Gasteiger partial charge on any atom is -0.395 e. The highest BCUT2D eigenvalue weighted by Crippen LogP contribution is 2.40. The van der Waals surface area contributed by atoms with Crippen LogP contribution in [0.25, 0.3) is 50.0 Å². The highest BCUT2D eigenvalue weighted by Gasteiger charge is 2.22. The lowest BCUT2D eigenvalue weighted by molar-refractivity contribution is 0.963. The molecule has 0 aliphatic rings. The standard InChI is InChI=1S/C34H25N5/c35-31-32(24-15-5-2-6-16-24)37-38-34(39-29-21-11-8-18-26(29)27-19-9-12-22-30(27)39)33(31)36-28-20-10-7-17-25(28)23-13-3-1-4-14-23/h1-22H,(H2,35,38)(H,36,37). The number of para-hydroxylation sites is 3. The molecule has 7 aromatic rings. The second kappa shape index (κ2) is 9.47. The van der Waals surface area contributed by atoms with Crippen molar-refractivity contribution in [1.82, 2.24) is 14.8 Å². The summed E-state index contributed by atoms with van der Waals surface area (Å²) in [4.78, 5) is 0. The van der Waals surface area contributed by atoms with Gasteiger partial charge in [-0.3, -0.25) is 4.57 Å². The number of aromatic nitrogens is 3. The number of fused-ring (bicyclic) bond motifs is 3. The van der Waals surface area contributed by atoms with Crippen LogP contribution in [0.3, 0.4) is 0 Å². The first-order valence-electron chi connectivity index (χ1n) is 12.9. The van der Waals surface area contributed by atoms with Crippen LogP contribution in [0.1, 0.15) is 0 Å². The largest absolute Gasteiger partial charge is 0.395 e. The quantitative estimate of drug-likeness (QED) is 0.248. The molecule has 0 unspecified atom stereocenters. The van der Waals surface area contributed by atoms with Crippen molar-refractivity contribution in [2.24, 2.45) is 0 Å². The van der Waals surface area contributed by atoms with Crippen molar-refractivity contribution in [3.8, 4) is 28.2 Å². The summed E-state index contributed by atoms with van der Waals surface area (Å²) in [6.45, 7) is 0. The van der Waals surface area contributed by atoms with Crippen LogP contribution < -0.4 is 11.1 Å². The fourth-order valence-corrected chi connectivity index (χ4v) is 5.28. The third kappa shape index (κ3) is 3.88. The predicted molar refractivity (Wildman–Crippen MR) is 161 cm³/mol. The SMILES string of the molecule is Nc1c(-c2ccccc2)nnc(-n2c3ccccc3c3ccccc32)c1Nc1ccccc1-c1ccccc1. The fourth-order valence-electron chi connectivity index (χ4n) is 5.28. The smallest absolute Gasteiger partial charge is 0.186 e. The van der Waals surface area contributed by atoms with Crippen molar-refractivity contribution in [2.75, 3.05) is 11.1 Å². The zero-order valence-corrected chi connectivity index (χ0v) is 21.1. The summed E-state index contributed by atoms with van der Waals surface area (Å²) < 4.78 is 2.15. The van der Waals surface area contributed by atoms with Crippen molar-refractivity contribution >= 4 is 38.9 Å². The number of rotatable bonds is 5. The number of nitrogen functional groups attached to an aromatic ring is 1. The van der Waals surface area contributed by atoms with Crippen LogP contribution in [0.2, 0.25) is 0 Å². The molecule has 0 spiro atoms. The van der Waals surface area contributed by atoms with Gasteiger partial charge in [-0.05, 0) is 23.8 Å². The third-order valence-corrected chi connectivity index (χ3v) is 7.10. The van der Waals surface area contributed by atoms with Crippen molar-refractivity contribution in [1.29, 1.82) is 0 Å². The van der Waals surface area contributed by atoms with Gasteiger partial charge in [0.2, 0.25) is 0 Å². The number of benzene rings is 5. The van der Waals surface area contributed by atoms with Gasteiger partial charge in [-0.1, -0.05) is 115 Å². The van der Waals surface area contributed by atoms with E-state index in [2.05, 4.69) is 75.6 Å². The topological polar surface area (TPSA) is 68.8 Å². The Morgan fingerprint density at radius 2 is 1.08 bits per heavy atom. The monoisotopic (exact) mass is 503 g/mol. The molecular weight excluding hydrogens is 478 g/mol. The third-order valence-electron chi connectivity index (χ3n) is 7.10. The first kappa shape index (κ1) is 22.8. The summed E-state index contributed by atoms with van der Waals surface area (Å²) in [6.07, 6.45) is 0. The van der Waals surface area contributed by atoms with Gasteiger partial charge in [-0.2, -0.15) is 0 Å². The number of nitrogens with zero attached hydrogens (tertiary/aromatic N) is 3. The second-order valence-electron chi connectivity index (χ2n) is 9.43. The van der Waals surface area contributed by atoms with Crippen LogP contribution in [0.5, 0.6) is 0 Å². The summed E-state index contributed by atoms with van der Waals surface area (Å²) in [5.41, 5.74) is 15.0. The summed E-state index contributed by atoms with van der Waals surface area (Å²) in [5, 5.41) is 15.5. The highest BCUT2D eigenvalue weighted by atomic mass is 15.2. The van der Waals surface area contributed by atoms with E-state index >= 15 is 0 Å². The molecule has 0 bridgehead atoms. The van der Waals surface area contributed by atoms with Gasteiger partial charge in [0.15, 0.2) is 5.82 Å². The van der Waals surface area contributed by atoms with Gasteiger partial charge in [-0.15, -0.1) is 10.2 Å². The fraction of sp³-hybridized carbons (Fsp3) is 0. The van der Waals surface area contributed by atoms with E-state index in [1.807, 2.05) is 72.8 Å². The van der Waals surface area contributed by atoms with Crippen LogP contribution in [0, 0.1) is 0 Å². The van der Waals surface area contributed by atoms with Gasteiger partial charge in [0.05, 0.1) is 16.7 Å². The van der Waals surface area contributed by atoms with E-state index in [0.717, 1.165) is 44.2 Å². The number of nitrogens with two attached hydrogens (primary N) is 1. The maximum absolute atomic E-state index is 6.97. The zero-order chi connectivity index (χ0) is 26.2. The molecule has 0 radical (unpaired) electrons. The molecule has 0 aliphatic heterocycles. The van der Waals surface area contributed by atoms with Gasteiger partial charge < -0.3 is 11.1 Å². The molecule has 0 aliphatic carbocycles. The van der Waals surface area contributed by atoms with E-state index < -0.39 is 0 Å². The van der Waals surface area contributed by atoms with Crippen LogP contribution in [0.4, 0.5) is 17.1 Å². The normalized spacial score (nSPS) is 11.2. The number of hydrogen-bond acceptors (Lipinski definition) is 4. The maximum Gasteiger partial charge on any atom is 0.186 e. The van der Waals surface area contributed by atoms with Gasteiger partial charge in [-0.25, -0.2) is 0 Å². The molecule has 2 aromatic heterocycles. The highest BCUT2D eigenvalue weighted by molar-refractivity contribution is 6.10. The lowest BCUT2D eigenvalue weighted by Crippen LogP contribution is -2.10. The van der Waals surface area contributed by atoms with Crippen molar-refractivity contribution in [3.63, 3.8) is 0 Å². The average molecular weight is 504 g/mol. The van der Waals surface area contributed by atoms with Gasteiger partial charge in [0.25, 0.3) is 0 Å². The number of hydrogen-bond donors (Lipinski definition) is 2. The van der Waals surface area contributed by atoms with Gasteiger partial charge in [0, 0.05) is 27.6 Å².